The van der Waals surface area contributed by atoms with Crippen LogP contribution in [-0.4, -0.2) is 49.5 Å². The fourth-order valence-corrected chi connectivity index (χ4v) is 5.03. The van der Waals surface area contributed by atoms with E-state index < -0.39 is 0 Å². The first-order chi connectivity index (χ1) is 17.2. The number of carbonyl (C=O) groups is 1. The van der Waals surface area contributed by atoms with Crippen molar-refractivity contribution in [1.29, 1.82) is 0 Å². The number of benzene rings is 2. The molecule has 1 N–H and O–H groups in total. The van der Waals surface area contributed by atoms with Crippen molar-refractivity contribution < 1.29 is 4.79 Å². The first kappa shape index (κ1) is 21.8. The molecule has 1 amide bonds. The van der Waals surface area contributed by atoms with Crippen molar-refractivity contribution in [3.8, 4) is 17.2 Å². The van der Waals surface area contributed by atoms with Crippen molar-refractivity contribution in [1.82, 2.24) is 24.4 Å². The van der Waals surface area contributed by atoms with Crippen LogP contribution in [0.15, 0.2) is 60.9 Å². The third-order valence-corrected chi connectivity index (χ3v) is 7.07. The van der Waals surface area contributed by atoms with E-state index in [1.807, 2.05) is 17.2 Å². The molecule has 1 aliphatic carbocycles. The highest BCUT2D eigenvalue weighted by molar-refractivity contribution is 5.86. The molecule has 2 aliphatic rings. The molecule has 4 aromatic rings. The average molecular weight is 467 g/mol. The second kappa shape index (κ2) is 9.13. The molecule has 1 atom stereocenters. The lowest BCUT2D eigenvalue weighted by molar-refractivity contribution is -0.133. The Morgan fingerprint density at radius 3 is 2.74 bits per heavy atom. The molecule has 7 heteroatoms. The Kier molecular flexibility index (Phi) is 5.68. The van der Waals surface area contributed by atoms with E-state index in [0.717, 1.165) is 68.1 Å². The minimum atomic E-state index is 0.162. The summed E-state index contributed by atoms with van der Waals surface area (Å²) >= 11 is 0. The SMILES string of the molecule is CCc1cnc(-c2ccc3ccccc3c2)n1-c1ccnc(N[C@H]2CCCN(C(=O)C3CC3)C2)n1. The van der Waals surface area contributed by atoms with Gasteiger partial charge in [-0.3, -0.25) is 9.36 Å². The highest BCUT2D eigenvalue weighted by atomic mass is 16.2. The van der Waals surface area contributed by atoms with Gasteiger partial charge in [-0.2, -0.15) is 4.98 Å². The first-order valence-electron chi connectivity index (χ1n) is 12.6. The third kappa shape index (κ3) is 4.38. The smallest absolute Gasteiger partial charge is 0.225 e. The highest BCUT2D eigenvalue weighted by Crippen LogP contribution is 2.32. The van der Waals surface area contributed by atoms with Crippen LogP contribution in [0, 0.1) is 5.92 Å². The van der Waals surface area contributed by atoms with Crippen LogP contribution in [0.4, 0.5) is 5.95 Å². The number of carbonyl (C=O) groups excluding carboxylic acids is 1. The molecule has 0 radical (unpaired) electrons. The van der Waals surface area contributed by atoms with Crippen LogP contribution in [0.2, 0.25) is 0 Å². The number of aryl methyl sites for hydroxylation is 1. The molecule has 178 valence electrons. The summed E-state index contributed by atoms with van der Waals surface area (Å²) in [6, 6.07) is 16.9. The van der Waals surface area contributed by atoms with E-state index in [4.69, 9.17) is 9.97 Å². The predicted molar refractivity (Wildman–Crippen MR) is 137 cm³/mol. The zero-order chi connectivity index (χ0) is 23.8. The largest absolute Gasteiger partial charge is 0.350 e. The van der Waals surface area contributed by atoms with Crippen LogP contribution in [0.25, 0.3) is 28.0 Å². The maximum atomic E-state index is 12.5. The minimum absolute atomic E-state index is 0.162. The first-order valence-corrected chi connectivity index (χ1v) is 12.6. The van der Waals surface area contributed by atoms with Gasteiger partial charge in [0.2, 0.25) is 11.9 Å². The van der Waals surface area contributed by atoms with Crippen molar-refractivity contribution in [2.45, 2.75) is 45.1 Å². The Morgan fingerprint density at radius 1 is 1.06 bits per heavy atom. The molecular formula is C28H30N6O. The number of imidazole rings is 1. The van der Waals surface area contributed by atoms with E-state index in [2.05, 4.69) is 64.3 Å². The lowest BCUT2D eigenvalue weighted by Crippen LogP contribution is -2.45. The Hall–Kier alpha value is -3.74. The van der Waals surface area contributed by atoms with Crippen LogP contribution in [0.5, 0.6) is 0 Å². The lowest BCUT2D eigenvalue weighted by Gasteiger charge is -2.33. The maximum Gasteiger partial charge on any atom is 0.225 e. The molecule has 0 unspecified atom stereocenters. The molecular weight excluding hydrogens is 436 g/mol. The van der Waals surface area contributed by atoms with Gasteiger partial charge in [0.25, 0.3) is 0 Å². The summed E-state index contributed by atoms with van der Waals surface area (Å²) in [5.41, 5.74) is 2.15. The zero-order valence-electron chi connectivity index (χ0n) is 20.0. The van der Waals surface area contributed by atoms with Gasteiger partial charge >= 0.3 is 0 Å². The fraction of sp³-hybridized carbons (Fsp3) is 0.357. The van der Waals surface area contributed by atoms with Crippen molar-refractivity contribution in [2.75, 3.05) is 18.4 Å². The summed E-state index contributed by atoms with van der Waals surface area (Å²) in [5.74, 6) is 2.83. The molecule has 0 bridgehead atoms. The van der Waals surface area contributed by atoms with E-state index in [1.54, 1.807) is 6.20 Å². The quantitative estimate of drug-likeness (QED) is 0.439. The van der Waals surface area contributed by atoms with Gasteiger partial charge in [-0.15, -0.1) is 0 Å². The normalized spacial score (nSPS) is 18.1. The number of likely N-dealkylation sites (tertiary alicyclic amines) is 1. The molecule has 2 aromatic carbocycles. The molecule has 1 aliphatic heterocycles. The second-order valence-corrected chi connectivity index (χ2v) is 9.60. The summed E-state index contributed by atoms with van der Waals surface area (Å²) in [6.07, 6.45) is 8.67. The number of amides is 1. The number of hydrogen-bond acceptors (Lipinski definition) is 5. The Labute approximate surface area is 205 Å². The molecule has 3 heterocycles. The van der Waals surface area contributed by atoms with E-state index in [-0.39, 0.29) is 12.0 Å². The molecule has 2 aromatic heterocycles. The topological polar surface area (TPSA) is 75.9 Å². The lowest BCUT2D eigenvalue weighted by atomic mass is 10.1. The summed E-state index contributed by atoms with van der Waals surface area (Å²) in [7, 11) is 0. The number of nitrogens with zero attached hydrogens (tertiary/aromatic N) is 5. The Bertz CT molecular complexity index is 1370. The van der Waals surface area contributed by atoms with E-state index >= 15 is 0 Å². The number of anilines is 1. The van der Waals surface area contributed by atoms with Crippen LogP contribution >= 0.6 is 0 Å². The number of fused-ring (bicyclic) bond motifs is 1. The minimum Gasteiger partial charge on any atom is -0.350 e. The maximum absolute atomic E-state index is 12.5. The monoisotopic (exact) mass is 466 g/mol. The van der Waals surface area contributed by atoms with Crippen molar-refractivity contribution in [3.05, 3.63) is 66.6 Å². The van der Waals surface area contributed by atoms with Crippen LogP contribution in [0.3, 0.4) is 0 Å². The van der Waals surface area contributed by atoms with E-state index in [9.17, 15) is 4.79 Å². The van der Waals surface area contributed by atoms with Gasteiger partial charge in [0.05, 0.1) is 0 Å². The number of piperidine rings is 1. The van der Waals surface area contributed by atoms with Gasteiger partial charge in [-0.25, -0.2) is 9.97 Å². The summed E-state index contributed by atoms with van der Waals surface area (Å²) in [5, 5.41) is 5.89. The molecule has 7 nitrogen and oxygen atoms in total. The van der Waals surface area contributed by atoms with Gasteiger partial charge in [0.15, 0.2) is 0 Å². The third-order valence-electron chi connectivity index (χ3n) is 7.07. The molecule has 35 heavy (non-hydrogen) atoms. The van der Waals surface area contributed by atoms with Crippen LogP contribution < -0.4 is 5.32 Å². The van der Waals surface area contributed by atoms with Gasteiger partial charge in [0, 0.05) is 48.7 Å². The van der Waals surface area contributed by atoms with Crippen LogP contribution in [0.1, 0.15) is 38.3 Å². The predicted octanol–water partition coefficient (Wildman–Crippen LogP) is 4.86. The van der Waals surface area contributed by atoms with Gasteiger partial charge in [0.1, 0.15) is 11.6 Å². The number of aromatic nitrogens is 4. The standard InChI is InChI=1S/C28H30N6O/c1-2-24-17-30-26(22-12-9-19-6-3-4-7-21(19)16-22)34(24)25-13-14-29-28(32-25)31-23-8-5-15-33(18-23)27(35)20-10-11-20/h3-4,6-7,9,12-14,16-17,20,23H,2,5,8,10-11,15,18H2,1H3,(H,29,31,32)/t23-/m0/s1. The Morgan fingerprint density at radius 2 is 1.91 bits per heavy atom. The second-order valence-electron chi connectivity index (χ2n) is 9.60. The van der Waals surface area contributed by atoms with E-state index in [1.165, 1.54) is 10.8 Å². The zero-order valence-corrected chi connectivity index (χ0v) is 20.0. The molecule has 1 saturated heterocycles. The molecule has 0 spiro atoms. The highest BCUT2D eigenvalue weighted by Gasteiger charge is 2.35. The number of rotatable bonds is 6. The van der Waals surface area contributed by atoms with Crippen LogP contribution in [-0.2, 0) is 11.2 Å². The van der Waals surface area contributed by atoms with Crippen molar-refractivity contribution >= 4 is 22.6 Å². The summed E-state index contributed by atoms with van der Waals surface area (Å²) < 4.78 is 2.13. The van der Waals surface area contributed by atoms with Gasteiger partial charge in [-0.05, 0) is 55.0 Å². The number of nitrogens with one attached hydrogen (secondary N) is 1. The Balaban J connectivity index is 1.29. The van der Waals surface area contributed by atoms with E-state index in [0.29, 0.717) is 11.9 Å². The summed E-state index contributed by atoms with van der Waals surface area (Å²) in [6.45, 7) is 3.71. The molecule has 6 rings (SSSR count). The van der Waals surface area contributed by atoms with Crippen molar-refractivity contribution in [3.63, 3.8) is 0 Å². The molecule has 2 fully saturated rings. The summed E-state index contributed by atoms with van der Waals surface area (Å²) in [4.78, 5) is 28.7. The number of hydrogen-bond donors (Lipinski definition) is 1. The fourth-order valence-electron chi connectivity index (χ4n) is 5.03. The average Bonchev–Trinajstić information content (AvgIpc) is 3.66. The van der Waals surface area contributed by atoms with Gasteiger partial charge < -0.3 is 10.2 Å². The van der Waals surface area contributed by atoms with Gasteiger partial charge in [-0.1, -0.05) is 43.3 Å². The van der Waals surface area contributed by atoms with Crippen molar-refractivity contribution in [2.24, 2.45) is 5.92 Å². The molecule has 1 saturated carbocycles.